The van der Waals surface area contributed by atoms with Crippen LogP contribution in [-0.2, 0) is 6.42 Å². The van der Waals surface area contributed by atoms with Gasteiger partial charge in [-0.25, -0.2) is 0 Å². The lowest BCUT2D eigenvalue weighted by Gasteiger charge is -2.19. The molecule has 0 spiro atoms. The lowest BCUT2D eigenvalue weighted by molar-refractivity contribution is 0.171. The molecule has 0 saturated carbocycles. The molecule has 0 bridgehead atoms. The van der Waals surface area contributed by atoms with Crippen molar-refractivity contribution in [1.29, 1.82) is 0 Å². The van der Waals surface area contributed by atoms with Gasteiger partial charge in [0.1, 0.15) is 19.0 Å². The molecule has 106 valence electrons. The summed E-state index contributed by atoms with van der Waals surface area (Å²) in [7, 11) is 0. The average molecular weight is 293 g/mol. The van der Waals surface area contributed by atoms with Gasteiger partial charge in [0.15, 0.2) is 16.3 Å². The number of H-pyrrole nitrogens is 1. The normalized spacial score (nSPS) is 15.1. The van der Waals surface area contributed by atoms with Crippen LogP contribution in [0.5, 0.6) is 11.5 Å². The maximum atomic E-state index is 9.53. The molecule has 6 nitrogen and oxygen atoms in total. The minimum Gasteiger partial charge on any atom is -0.486 e. The van der Waals surface area contributed by atoms with Crippen LogP contribution in [0.2, 0.25) is 0 Å². The molecule has 0 amide bonds. The molecule has 0 fully saturated rings. The highest BCUT2D eigenvalue weighted by molar-refractivity contribution is 7.71. The third kappa shape index (κ3) is 2.41. The first-order valence-electron chi connectivity index (χ1n) is 6.39. The Morgan fingerprint density at radius 1 is 1.40 bits per heavy atom. The van der Waals surface area contributed by atoms with E-state index in [2.05, 4.69) is 10.2 Å². The van der Waals surface area contributed by atoms with Gasteiger partial charge in [-0.1, -0.05) is 0 Å². The van der Waals surface area contributed by atoms with Crippen molar-refractivity contribution in [3.05, 3.63) is 28.8 Å². The zero-order valence-electron chi connectivity index (χ0n) is 11.0. The molecule has 1 aromatic heterocycles. The van der Waals surface area contributed by atoms with Crippen molar-refractivity contribution in [1.82, 2.24) is 14.8 Å². The summed E-state index contributed by atoms with van der Waals surface area (Å²) in [5.41, 5.74) is 0.837. The van der Waals surface area contributed by atoms with Gasteiger partial charge < -0.3 is 14.6 Å². The number of nitrogens with one attached hydrogen (secondary N) is 1. The largest absolute Gasteiger partial charge is 0.486 e. The first-order valence-corrected chi connectivity index (χ1v) is 6.80. The second-order valence-electron chi connectivity index (χ2n) is 4.66. The van der Waals surface area contributed by atoms with Gasteiger partial charge in [0.2, 0.25) is 0 Å². The highest BCUT2D eigenvalue weighted by Crippen LogP contribution is 2.32. The summed E-state index contributed by atoms with van der Waals surface area (Å²) in [4.78, 5) is 0. The third-order valence-electron chi connectivity index (χ3n) is 3.00. The van der Waals surface area contributed by atoms with Crippen LogP contribution in [0.25, 0.3) is 5.69 Å². The predicted octanol–water partition coefficient (Wildman–Crippen LogP) is 1.62. The van der Waals surface area contributed by atoms with Crippen molar-refractivity contribution in [2.75, 3.05) is 13.2 Å². The number of fused-ring (bicyclic) bond motifs is 1. The quantitative estimate of drug-likeness (QED) is 0.841. The summed E-state index contributed by atoms with van der Waals surface area (Å²) < 4.78 is 13.3. The van der Waals surface area contributed by atoms with Crippen molar-refractivity contribution in [3.63, 3.8) is 0 Å². The molecule has 7 heteroatoms. The van der Waals surface area contributed by atoms with E-state index in [0.29, 0.717) is 36.0 Å². The molecule has 0 radical (unpaired) electrons. The first-order chi connectivity index (χ1) is 9.65. The number of benzene rings is 1. The topological polar surface area (TPSA) is 72.3 Å². The van der Waals surface area contributed by atoms with Gasteiger partial charge in [0, 0.05) is 12.5 Å². The molecular weight excluding hydrogens is 278 g/mol. The molecule has 2 heterocycles. The Balaban J connectivity index is 2.04. The Morgan fingerprint density at radius 3 is 2.90 bits per heavy atom. The maximum absolute atomic E-state index is 9.53. The Hall–Kier alpha value is -1.86. The zero-order valence-corrected chi connectivity index (χ0v) is 11.8. The van der Waals surface area contributed by atoms with E-state index >= 15 is 0 Å². The molecule has 1 unspecified atom stereocenters. The Kier molecular flexibility index (Phi) is 3.45. The lowest BCUT2D eigenvalue weighted by Crippen LogP contribution is -2.16. The Morgan fingerprint density at radius 2 is 2.15 bits per heavy atom. The van der Waals surface area contributed by atoms with Crippen LogP contribution in [0.4, 0.5) is 0 Å². The van der Waals surface area contributed by atoms with Crippen molar-refractivity contribution < 1.29 is 14.6 Å². The third-order valence-corrected chi connectivity index (χ3v) is 3.28. The van der Waals surface area contributed by atoms with Gasteiger partial charge in [0.05, 0.1) is 11.8 Å². The molecule has 3 rings (SSSR count). The standard InChI is InChI=1S/C13H15N3O3S/c1-8(17)6-12-14-15-13(20)16(12)9-2-3-10-11(7-9)19-5-4-18-10/h2-3,7-8,17H,4-6H2,1H3,(H,15,20). The summed E-state index contributed by atoms with van der Waals surface area (Å²) in [6.45, 7) is 2.81. The highest BCUT2D eigenvalue weighted by atomic mass is 32.1. The van der Waals surface area contributed by atoms with Crippen LogP contribution in [-0.4, -0.2) is 39.2 Å². The van der Waals surface area contributed by atoms with Crippen LogP contribution in [0.15, 0.2) is 18.2 Å². The van der Waals surface area contributed by atoms with E-state index in [-0.39, 0.29) is 0 Å². The summed E-state index contributed by atoms with van der Waals surface area (Å²) >= 11 is 5.25. The fourth-order valence-electron chi connectivity index (χ4n) is 2.17. The number of ether oxygens (including phenoxy) is 2. The van der Waals surface area contributed by atoms with E-state index in [4.69, 9.17) is 21.7 Å². The van der Waals surface area contributed by atoms with E-state index in [1.165, 1.54) is 0 Å². The van der Waals surface area contributed by atoms with Gasteiger partial charge in [0.25, 0.3) is 0 Å². The SMILES string of the molecule is CC(O)Cc1n[nH]c(=S)n1-c1ccc2c(c1)OCCO2. The summed E-state index contributed by atoms with van der Waals surface area (Å²) in [5.74, 6) is 2.11. The van der Waals surface area contributed by atoms with Gasteiger partial charge in [-0.2, -0.15) is 5.10 Å². The number of hydrogen-bond donors (Lipinski definition) is 2. The van der Waals surface area contributed by atoms with Gasteiger partial charge >= 0.3 is 0 Å². The monoisotopic (exact) mass is 293 g/mol. The summed E-state index contributed by atoms with van der Waals surface area (Å²) in [6, 6.07) is 5.61. The molecule has 1 aromatic carbocycles. The molecule has 0 saturated heterocycles. The van der Waals surface area contributed by atoms with Gasteiger partial charge in [-0.15, -0.1) is 0 Å². The highest BCUT2D eigenvalue weighted by Gasteiger charge is 2.15. The van der Waals surface area contributed by atoms with Crippen LogP contribution in [0, 0.1) is 4.77 Å². The van der Waals surface area contributed by atoms with E-state index in [0.717, 1.165) is 11.4 Å². The molecule has 2 N–H and O–H groups in total. The van der Waals surface area contributed by atoms with Crippen molar-refractivity contribution >= 4 is 12.2 Å². The number of nitrogens with zero attached hydrogens (tertiary/aromatic N) is 2. The second kappa shape index (κ2) is 5.26. The van der Waals surface area contributed by atoms with Crippen LogP contribution in [0.1, 0.15) is 12.7 Å². The first kappa shape index (κ1) is 13.1. The van der Waals surface area contributed by atoms with Gasteiger partial charge in [-0.3, -0.25) is 9.67 Å². The minimum absolute atomic E-state index is 0.418. The molecule has 1 atom stereocenters. The number of aliphatic hydroxyl groups excluding tert-OH is 1. The fourth-order valence-corrected chi connectivity index (χ4v) is 2.42. The Bertz CT molecular complexity index is 678. The second-order valence-corrected chi connectivity index (χ2v) is 5.05. The number of aliphatic hydroxyl groups is 1. The predicted molar refractivity (Wildman–Crippen MR) is 75.1 cm³/mol. The van der Waals surface area contributed by atoms with E-state index in [1.807, 2.05) is 18.2 Å². The molecule has 20 heavy (non-hydrogen) atoms. The van der Waals surface area contributed by atoms with E-state index in [9.17, 15) is 5.11 Å². The molecule has 2 aromatic rings. The number of aromatic amines is 1. The maximum Gasteiger partial charge on any atom is 0.199 e. The summed E-state index contributed by atoms with van der Waals surface area (Å²) in [6.07, 6.45) is -0.0714. The lowest BCUT2D eigenvalue weighted by atomic mass is 10.2. The number of aromatic nitrogens is 3. The van der Waals surface area contributed by atoms with E-state index in [1.54, 1.807) is 11.5 Å². The fraction of sp³-hybridized carbons (Fsp3) is 0.385. The van der Waals surface area contributed by atoms with E-state index < -0.39 is 6.10 Å². The number of rotatable bonds is 3. The van der Waals surface area contributed by atoms with Crippen molar-refractivity contribution in [2.45, 2.75) is 19.4 Å². The van der Waals surface area contributed by atoms with Crippen LogP contribution >= 0.6 is 12.2 Å². The molecular formula is C13H15N3O3S. The molecule has 0 aliphatic carbocycles. The summed E-state index contributed by atoms with van der Waals surface area (Å²) in [5, 5.41) is 16.4. The Labute approximate surface area is 121 Å². The van der Waals surface area contributed by atoms with Crippen LogP contribution in [0.3, 0.4) is 0 Å². The molecule has 1 aliphatic heterocycles. The van der Waals surface area contributed by atoms with Crippen molar-refractivity contribution in [3.8, 4) is 17.2 Å². The van der Waals surface area contributed by atoms with Crippen LogP contribution < -0.4 is 9.47 Å². The number of hydrogen-bond acceptors (Lipinski definition) is 5. The van der Waals surface area contributed by atoms with Gasteiger partial charge in [-0.05, 0) is 31.3 Å². The average Bonchev–Trinajstić information content (AvgIpc) is 2.78. The minimum atomic E-state index is -0.490. The molecule has 1 aliphatic rings. The zero-order chi connectivity index (χ0) is 14.1. The van der Waals surface area contributed by atoms with Crippen molar-refractivity contribution in [2.24, 2.45) is 0 Å². The smallest absolute Gasteiger partial charge is 0.199 e.